The Morgan fingerprint density at radius 2 is 1.88 bits per heavy atom. The maximum atomic E-state index is 5.65. The molecule has 0 unspecified atom stereocenters. The predicted octanol–water partition coefficient (Wildman–Crippen LogP) is 0.880. The van der Waals surface area contributed by atoms with Crippen LogP contribution in [0, 0.1) is 0 Å². The third-order valence-corrected chi connectivity index (χ3v) is 2.62. The molecule has 86 valence electrons. The summed E-state index contributed by atoms with van der Waals surface area (Å²) in [6, 6.07) is 8.33. The van der Waals surface area contributed by atoms with Crippen molar-refractivity contribution in [1.82, 2.24) is 4.90 Å². The van der Waals surface area contributed by atoms with E-state index in [0.29, 0.717) is 0 Å². The Balaban J connectivity index is 2.17. The Morgan fingerprint density at radius 3 is 2.56 bits per heavy atom. The second-order valence-corrected chi connectivity index (χ2v) is 4.36. The van der Waals surface area contributed by atoms with Gasteiger partial charge in [0.1, 0.15) is 0 Å². The molecule has 0 amide bonds. The molecule has 3 nitrogen and oxygen atoms in total. The normalized spacial score (nSPS) is 16.8. The lowest BCUT2D eigenvalue weighted by Crippen LogP contribution is -2.43. The third kappa shape index (κ3) is 2.85. The van der Waals surface area contributed by atoms with Gasteiger partial charge in [0.05, 0.1) is 0 Å². The second-order valence-electron chi connectivity index (χ2n) is 4.36. The van der Waals surface area contributed by atoms with Gasteiger partial charge in [0.2, 0.25) is 0 Å². The van der Waals surface area contributed by atoms with Crippen molar-refractivity contribution in [1.29, 1.82) is 0 Å². The fraction of sp³-hybridized carbons (Fsp3) is 0.500. The smallest absolute Gasteiger partial charge is 0.407 e. The first-order valence-electron chi connectivity index (χ1n) is 5.73. The van der Waals surface area contributed by atoms with Crippen LogP contribution in [0.2, 0.25) is 0 Å². The zero-order valence-corrected chi connectivity index (χ0v) is 9.98. The van der Waals surface area contributed by atoms with E-state index in [4.69, 9.17) is 9.31 Å². The van der Waals surface area contributed by atoms with Gasteiger partial charge in [0.25, 0.3) is 0 Å². The van der Waals surface area contributed by atoms with Gasteiger partial charge in [0, 0.05) is 19.8 Å². The predicted molar refractivity (Wildman–Crippen MR) is 65.7 cm³/mol. The van der Waals surface area contributed by atoms with Crippen molar-refractivity contribution >= 4 is 12.6 Å². The van der Waals surface area contributed by atoms with Crippen LogP contribution in [-0.4, -0.2) is 39.3 Å². The van der Waals surface area contributed by atoms with Crippen LogP contribution >= 0.6 is 0 Å². The van der Waals surface area contributed by atoms with Crippen LogP contribution in [0.1, 0.15) is 12.0 Å². The first kappa shape index (κ1) is 11.6. The minimum absolute atomic E-state index is 0.176. The monoisotopic (exact) mass is 219 g/mol. The fourth-order valence-corrected chi connectivity index (χ4v) is 1.92. The van der Waals surface area contributed by atoms with Crippen molar-refractivity contribution in [3.05, 3.63) is 29.8 Å². The first-order valence-corrected chi connectivity index (χ1v) is 5.73. The molecule has 0 N–H and O–H groups in total. The van der Waals surface area contributed by atoms with E-state index in [1.165, 1.54) is 5.56 Å². The Morgan fingerprint density at radius 1 is 1.19 bits per heavy atom. The molecule has 1 aromatic carbocycles. The van der Waals surface area contributed by atoms with E-state index in [1.54, 1.807) is 0 Å². The van der Waals surface area contributed by atoms with Crippen LogP contribution in [0.25, 0.3) is 0 Å². The summed E-state index contributed by atoms with van der Waals surface area (Å²) in [5.74, 6) is 0. The fourth-order valence-electron chi connectivity index (χ4n) is 1.92. The van der Waals surface area contributed by atoms with Crippen molar-refractivity contribution < 1.29 is 9.31 Å². The molecule has 0 spiro atoms. The van der Waals surface area contributed by atoms with Gasteiger partial charge in [0.15, 0.2) is 0 Å². The molecule has 0 saturated carbocycles. The molecule has 0 bridgehead atoms. The summed E-state index contributed by atoms with van der Waals surface area (Å²) in [7, 11) is 3.96. The maximum Gasteiger partial charge on any atom is 0.494 e. The maximum absolute atomic E-state index is 5.65. The molecule has 1 fully saturated rings. The molecule has 1 heterocycles. The molecule has 2 rings (SSSR count). The van der Waals surface area contributed by atoms with E-state index < -0.39 is 0 Å². The Kier molecular flexibility index (Phi) is 3.99. The average Bonchev–Trinajstić information content (AvgIpc) is 2.30. The Bertz CT molecular complexity index is 338. The van der Waals surface area contributed by atoms with Gasteiger partial charge in [-0.05, 0) is 31.5 Å². The van der Waals surface area contributed by atoms with Crippen LogP contribution in [0.15, 0.2) is 24.3 Å². The summed E-state index contributed by atoms with van der Waals surface area (Å²) < 4.78 is 11.3. The summed E-state index contributed by atoms with van der Waals surface area (Å²) in [5.41, 5.74) is 2.44. The molecule has 1 saturated heterocycles. The molecular formula is C12H18BNO2. The number of nitrogens with zero attached hydrogens (tertiary/aromatic N) is 1. The molecule has 4 heteroatoms. The molecule has 1 aliphatic heterocycles. The van der Waals surface area contributed by atoms with Gasteiger partial charge in [-0.15, -0.1) is 0 Å². The molecule has 1 aliphatic rings. The average molecular weight is 219 g/mol. The van der Waals surface area contributed by atoms with Crippen molar-refractivity contribution in [2.45, 2.75) is 13.0 Å². The molecule has 0 atom stereocenters. The minimum atomic E-state index is -0.176. The number of hydrogen-bond donors (Lipinski definition) is 0. The molecule has 0 radical (unpaired) electrons. The van der Waals surface area contributed by atoms with Crippen LogP contribution in [0.4, 0.5) is 0 Å². The van der Waals surface area contributed by atoms with Gasteiger partial charge < -0.3 is 14.2 Å². The molecule has 0 aromatic heterocycles. The van der Waals surface area contributed by atoms with Crippen molar-refractivity contribution in [3.8, 4) is 0 Å². The lowest BCUT2D eigenvalue weighted by Gasteiger charge is -2.22. The van der Waals surface area contributed by atoms with Crippen LogP contribution in [0.3, 0.4) is 0 Å². The zero-order chi connectivity index (χ0) is 11.4. The largest absolute Gasteiger partial charge is 0.494 e. The Hall–Kier alpha value is -0.835. The molecule has 16 heavy (non-hydrogen) atoms. The Labute approximate surface area is 97.5 Å². The standard InChI is InChI=1S/C12H18BNO2/c1-14(2)10-11-6-3-4-7-12(11)13-15-8-5-9-16-13/h3-4,6-7H,5,8-10H2,1-2H3. The summed E-state index contributed by atoms with van der Waals surface area (Å²) in [6.07, 6.45) is 0.992. The third-order valence-electron chi connectivity index (χ3n) is 2.62. The van der Waals surface area contributed by atoms with Crippen molar-refractivity contribution in [2.75, 3.05) is 27.3 Å². The lowest BCUT2D eigenvalue weighted by molar-refractivity contribution is 0.143. The summed E-state index contributed by atoms with van der Waals surface area (Å²) in [4.78, 5) is 2.15. The van der Waals surface area contributed by atoms with Gasteiger partial charge in [-0.3, -0.25) is 0 Å². The van der Waals surface area contributed by atoms with Gasteiger partial charge in [-0.1, -0.05) is 24.3 Å². The summed E-state index contributed by atoms with van der Waals surface area (Å²) in [6.45, 7) is 2.50. The number of benzene rings is 1. The van der Waals surface area contributed by atoms with Crippen LogP contribution in [-0.2, 0) is 15.9 Å². The first-order chi connectivity index (χ1) is 7.77. The second kappa shape index (κ2) is 5.48. The summed E-state index contributed by atoms with van der Waals surface area (Å²) >= 11 is 0. The van der Waals surface area contributed by atoms with E-state index in [9.17, 15) is 0 Å². The van der Waals surface area contributed by atoms with Gasteiger partial charge >= 0.3 is 7.12 Å². The SMILES string of the molecule is CN(C)Cc1ccccc1B1OCCCO1. The highest BCUT2D eigenvalue weighted by atomic mass is 16.6. The lowest BCUT2D eigenvalue weighted by atomic mass is 9.75. The van der Waals surface area contributed by atoms with Gasteiger partial charge in [-0.2, -0.15) is 0 Å². The minimum Gasteiger partial charge on any atom is -0.407 e. The van der Waals surface area contributed by atoms with Gasteiger partial charge in [-0.25, -0.2) is 0 Å². The van der Waals surface area contributed by atoms with E-state index in [2.05, 4.69) is 37.2 Å². The quantitative estimate of drug-likeness (QED) is 0.704. The molecular weight excluding hydrogens is 201 g/mol. The van der Waals surface area contributed by atoms with Crippen molar-refractivity contribution in [2.24, 2.45) is 0 Å². The van der Waals surface area contributed by atoms with Crippen LogP contribution in [0.5, 0.6) is 0 Å². The number of rotatable bonds is 3. The molecule has 1 aromatic rings. The summed E-state index contributed by atoms with van der Waals surface area (Å²) in [5, 5.41) is 0. The highest BCUT2D eigenvalue weighted by Crippen LogP contribution is 2.06. The van der Waals surface area contributed by atoms with E-state index >= 15 is 0 Å². The van der Waals surface area contributed by atoms with E-state index in [1.807, 2.05) is 6.07 Å². The highest BCUT2D eigenvalue weighted by Gasteiger charge is 2.26. The zero-order valence-electron chi connectivity index (χ0n) is 9.98. The van der Waals surface area contributed by atoms with E-state index in [0.717, 1.165) is 31.6 Å². The highest BCUT2D eigenvalue weighted by molar-refractivity contribution is 6.61. The number of hydrogen-bond acceptors (Lipinski definition) is 3. The molecule has 0 aliphatic carbocycles. The van der Waals surface area contributed by atoms with Crippen LogP contribution < -0.4 is 5.46 Å². The van der Waals surface area contributed by atoms with E-state index in [-0.39, 0.29) is 7.12 Å². The topological polar surface area (TPSA) is 21.7 Å². The van der Waals surface area contributed by atoms with Crippen molar-refractivity contribution in [3.63, 3.8) is 0 Å².